The van der Waals surface area contributed by atoms with Crippen molar-refractivity contribution in [2.45, 2.75) is 58.9 Å². The lowest BCUT2D eigenvalue weighted by atomic mass is 9.84. The maximum atomic E-state index is 3.73. The Morgan fingerprint density at radius 3 is 2.71 bits per heavy atom. The average Bonchev–Trinajstić information content (AvgIpc) is 2.59. The van der Waals surface area contributed by atoms with Crippen LogP contribution in [-0.2, 0) is 0 Å². The monoisotopic (exact) mass is 195 g/mol. The fourth-order valence-electron chi connectivity index (χ4n) is 3.21. The van der Waals surface area contributed by atoms with Gasteiger partial charge in [-0.15, -0.1) is 0 Å². The average molecular weight is 195 g/mol. The van der Waals surface area contributed by atoms with Crippen LogP contribution < -0.4 is 5.32 Å². The Labute approximate surface area is 88.7 Å². The normalized spacial score (nSPS) is 37.5. The van der Waals surface area contributed by atoms with E-state index < -0.39 is 0 Å². The first-order valence-electron chi connectivity index (χ1n) is 6.30. The van der Waals surface area contributed by atoms with Gasteiger partial charge in [0.15, 0.2) is 0 Å². The van der Waals surface area contributed by atoms with Crippen LogP contribution in [0.4, 0.5) is 0 Å². The van der Waals surface area contributed by atoms with Crippen LogP contribution in [0.25, 0.3) is 0 Å². The third-order valence-corrected chi connectivity index (χ3v) is 4.08. The molecule has 1 heterocycles. The molecule has 0 amide bonds. The summed E-state index contributed by atoms with van der Waals surface area (Å²) in [6.07, 6.45) is 7.23. The van der Waals surface area contributed by atoms with Gasteiger partial charge in [0.1, 0.15) is 0 Å². The van der Waals surface area contributed by atoms with E-state index in [2.05, 4.69) is 26.1 Å². The first-order chi connectivity index (χ1) is 6.56. The van der Waals surface area contributed by atoms with Crippen molar-refractivity contribution < 1.29 is 0 Å². The van der Waals surface area contributed by atoms with Crippen molar-refractivity contribution in [2.75, 3.05) is 6.54 Å². The number of rotatable bonds is 2. The molecule has 2 aliphatic rings. The summed E-state index contributed by atoms with van der Waals surface area (Å²) >= 11 is 0. The zero-order valence-corrected chi connectivity index (χ0v) is 9.97. The molecule has 1 saturated heterocycles. The molecule has 3 unspecified atom stereocenters. The number of hydrogen-bond acceptors (Lipinski definition) is 1. The Balaban J connectivity index is 1.81. The summed E-state index contributed by atoms with van der Waals surface area (Å²) in [5.74, 6) is 2.05. The van der Waals surface area contributed by atoms with Crippen LogP contribution in [0, 0.1) is 17.3 Å². The molecular weight excluding hydrogens is 170 g/mol. The van der Waals surface area contributed by atoms with Gasteiger partial charge in [-0.25, -0.2) is 0 Å². The van der Waals surface area contributed by atoms with Gasteiger partial charge in [0.05, 0.1) is 0 Å². The zero-order chi connectivity index (χ0) is 10.2. The van der Waals surface area contributed by atoms with Crippen molar-refractivity contribution in [2.24, 2.45) is 17.3 Å². The van der Waals surface area contributed by atoms with Gasteiger partial charge in [-0.05, 0) is 49.5 Å². The summed E-state index contributed by atoms with van der Waals surface area (Å²) in [4.78, 5) is 0. The molecule has 14 heavy (non-hydrogen) atoms. The lowest BCUT2D eigenvalue weighted by Crippen LogP contribution is -2.28. The Morgan fingerprint density at radius 2 is 2.00 bits per heavy atom. The van der Waals surface area contributed by atoms with Crippen molar-refractivity contribution in [3.63, 3.8) is 0 Å². The molecule has 1 saturated carbocycles. The predicted octanol–water partition coefficient (Wildman–Crippen LogP) is 3.20. The van der Waals surface area contributed by atoms with Gasteiger partial charge in [0.25, 0.3) is 0 Å². The summed E-state index contributed by atoms with van der Waals surface area (Å²) in [5, 5.41) is 3.73. The summed E-state index contributed by atoms with van der Waals surface area (Å²) < 4.78 is 0. The molecule has 0 aromatic rings. The summed E-state index contributed by atoms with van der Waals surface area (Å²) in [6, 6.07) is 0.849. The third kappa shape index (κ3) is 2.31. The zero-order valence-electron chi connectivity index (χ0n) is 9.97. The minimum absolute atomic E-state index is 0.512. The second kappa shape index (κ2) is 3.84. The molecule has 0 aromatic heterocycles. The van der Waals surface area contributed by atoms with Crippen LogP contribution in [-0.4, -0.2) is 12.6 Å². The van der Waals surface area contributed by atoms with Gasteiger partial charge in [-0.2, -0.15) is 0 Å². The Hall–Kier alpha value is -0.0400. The molecule has 0 spiro atoms. The van der Waals surface area contributed by atoms with E-state index in [1.807, 2.05) is 0 Å². The van der Waals surface area contributed by atoms with Crippen molar-refractivity contribution in [3.8, 4) is 0 Å². The molecule has 2 fully saturated rings. The van der Waals surface area contributed by atoms with E-state index >= 15 is 0 Å². The molecule has 1 aliphatic carbocycles. The highest BCUT2D eigenvalue weighted by atomic mass is 15.0. The van der Waals surface area contributed by atoms with Crippen LogP contribution in [0.2, 0.25) is 0 Å². The van der Waals surface area contributed by atoms with Gasteiger partial charge in [0, 0.05) is 6.04 Å². The van der Waals surface area contributed by atoms with E-state index in [0.717, 1.165) is 17.9 Å². The van der Waals surface area contributed by atoms with E-state index in [9.17, 15) is 0 Å². The SMILES string of the molecule is CC(C)(C)CCC1NCC2CCCC21. The van der Waals surface area contributed by atoms with Crippen molar-refractivity contribution in [1.82, 2.24) is 5.32 Å². The Bertz CT molecular complexity index is 192. The fourth-order valence-corrected chi connectivity index (χ4v) is 3.21. The molecule has 2 rings (SSSR count). The van der Waals surface area contributed by atoms with Crippen molar-refractivity contribution in [3.05, 3.63) is 0 Å². The van der Waals surface area contributed by atoms with E-state index in [1.54, 1.807) is 0 Å². The molecular formula is C13H25N. The third-order valence-electron chi connectivity index (χ3n) is 4.08. The Morgan fingerprint density at radius 1 is 1.21 bits per heavy atom. The number of fused-ring (bicyclic) bond motifs is 1. The van der Waals surface area contributed by atoms with Gasteiger partial charge in [-0.3, -0.25) is 0 Å². The lowest BCUT2D eigenvalue weighted by molar-refractivity contribution is 0.306. The molecule has 82 valence electrons. The van der Waals surface area contributed by atoms with Crippen LogP contribution >= 0.6 is 0 Å². The fraction of sp³-hybridized carbons (Fsp3) is 1.00. The second-order valence-electron chi connectivity index (χ2n) is 6.47. The highest BCUT2D eigenvalue weighted by Crippen LogP contribution is 2.40. The maximum absolute atomic E-state index is 3.73. The summed E-state index contributed by atoms with van der Waals surface area (Å²) in [5.41, 5.74) is 0.512. The minimum atomic E-state index is 0.512. The van der Waals surface area contributed by atoms with Crippen LogP contribution in [0.15, 0.2) is 0 Å². The second-order valence-corrected chi connectivity index (χ2v) is 6.47. The number of hydrogen-bond donors (Lipinski definition) is 1. The topological polar surface area (TPSA) is 12.0 Å². The highest BCUT2D eigenvalue weighted by Gasteiger charge is 2.38. The molecule has 1 nitrogen and oxygen atoms in total. The number of nitrogens with one attached hydrogen (secondary N) is 1. The smallest absolute Gasteiger partial charge is 0.00987 e. The van der Waals surface area contributed by atoms with E-state index in [-0.39, 0.29) is 0 Å². The predicted molar refractivity (Wildman–Crippen MR) is 61.3 cm³/mol. The molecule has 1 aliphatic heterocycles. The standard InChI is InChI=1S/C13H25N/c1-13(2,3)8-7-12-11-6-4-5-10(11)9-14-12/h10-12,14H,4-9H2,1-3H3. The molecule has 0 radical (unpaired) electrons. The van der Waals surface area contributed by atoms with Crippen molar-refractivity contribution in [1.29, 1.82) is 0 Å². The quantitative estimate of drug-likeness (QED) is 0.713. The van der Waals surface area contributed by atoms with E-state index in [0.29, 0.717) is 5.41 Å². The van der Waals surface area contributed by atoms with Gasteiger partial charge in [-0.1, -0.05) is 27.2 Å². The van der Waals surface area contributed by atoms with E-state index in [1.165, 1.54) is 38.6 Å². The van der Waals surface area contributed by atoms with Gasteiger partial charge in [0.2, 0.25) is 0 Å². The highest BCUT2D eigenvalue weighted by molar-refractivity contribution is 4.94. The molecule has 3 atom stereocenters. The largest absolute Gasteiger partial charge is 0.313 e. The molecule has 1 heteroatoms. The first kappa shape index (κ1) is 10.5. The molecule has 1 N–H and O–H groups in total. The molecule has 0 aromatic carbocycles. The van der Waals surface area contributed by atoms with Crippen LogP contribution in [0.5, 0.6) is 0 Å². The molecule has 0 bridgehead atoms. The minimum Gasteiger partial charge on any atom is -0.313 e. The van der Waals surface area contributed by atoms with Crippen LogP contribution in [0.3, 0.4) is 0 Å². The van der Waals surface area contributed by atoms with Gasteiger partial charge >= 0.3 is 0 Å². The van der Waals surface area contributed by atoms with Gasteiger partial charge < -0.3 is 5.32 Å². The summed E-state index contributed by atoms with van der Waals surface area (Å²) in [7, 11) is 0. The maximum Gasteiger partial charge on any atom is 0.00987 e. The Kier molecular flexibility index (Phi) is 2.88. The first-order valence-corrected chi connectivity index (χ1v) is 6.30. The summed E-state index contributed by atoms with van der Waals surface area (Å²) in [6.45, 7) is 8.37. The van der Waals surface area contributed by atoms with E-state index in [4.69, 9.17) is 0 Å². The van der Waals surface area contributed by atoms with Crippen LogP contribution in [0.1, 0.15) is 52.9 Å². The lowest BCUT2D eigenvalue weighted by Gasteiger charge is -2.24. The van der Waals surface area contributed by atoms with Crippen molar-refractivity contribution >= 4 is 0 Å².